The van der Waals surface area contributed by atoms with E-state index in [4.69, 9.17) is 18.9 Å². The summed E-state index contributed by atoms with van der Waals surface area (Å²) in [7, 11) is 6.60. The minimum atomic E-state index is 0. The van der Waals surface area contributed by atoms with Gasteiger partial charge in [0.05, 0.1) is 28.4 Å². The van der Waals surface area contributed by atoms with Crippen molar-refractivity contribution in [3.63, 3.8) is 0 Å². The summed E-state index contributed by atoms with van der Waals surface area (Å²) in [5, 5.41) is 3.50. The highest BCUT2D eigenvalue weighted by atomic mass is 35.5. The van der Waals surface area contributed by atoms with Gasteiger partial charge in [0, 0.05) is 18.2 Å². The van der Waals surface area contributed by atoms with Gasteiger partial charge in [-0.2, -0.15) is 0 Å². The lowest BCUT2D eigenvalue weighted by atomic mass is 10.1. The van der Waals surface area contributed by atoms with E-state index in [-0.39, 0.29) is 18.4 Å². The van der Waals surface area contributed by atoms with E-state index in [1.165, 1.54) is 0 Å². The molecule has 0 amide bonds. The molecule has 5 nitrogen and oxygen atoms in total. The maximum absolute atomic E-state index is 5.45. The predicted molar refractivity (Wildman–Crippen MR) is 102 cm³/mol. The van der Waals surface area contributed by atoms with Gasteiger partial charge in [-0.25, -0.2) is 0 Å². The Bertz CT molecular complexity index is 678. The molecular formula is C19H26ClNO4. The maximum atomic E-state index is 5.45. The number of hydrogen-bond donors (Lipinski definition) is 1. The van der Waals surface area contributed by atoms with Crippen LogP contribution in [0.25, 0.3) is 0 Å². The van der Waals surface area contributed by atoms with E-state index in [1.807, 2.05) is 36.4 Å². The first-order chi connectivity index (χ1) is 11.6. The molecule has 0 fully saturated rings. The summed E-state index contributed by atoms with van der Waals surface area (Å²) in [6.45, 7) is 2.79. The predicted octanol–water partition coefficient (Wildman–Crippen LogP) is 3.99. The summed E-state index contributed by atoms with van der Waals surface area (Å²) in [5.41, 5.74) is 2.17. The standard InChI is InChI=1S/C19H25NO4.ClH/c1-13(16-11-15(21-2)7-9-17(16)22-3)20-12-14-6-8-18(23-4)19(10-14)24-5;/h6-11,13,20H,12H2,1-5H3;1H. The average Bonchev–Trinajstić information content (AvgIpc) is 2.65. The molecule has 0 aromatic heterocycles. The second kappa shape index (κ2) is 10.0. The van der Waals surface area contributed by atoms with E-state index in [9.17, 15) is 0 Å². The summed E-state index contributed by atoms with van der Waals surface area (Å²) in [6.07, 6.45) is 0. The van der Waals surface area contributed by atoms with Gasteiger partial charge in [-0.15, -0.1) is 12.4 Å². The number of halogens is 1. The largest absolute Gasteiger partial charge is 0.497 e. The highest BCUT2D eigenvalue weighted by Gasteiger charge is 2.13. The van der Waals surface area contributed by atoms with Gasteiger partial charge in [-0.05, 0) is 42.8 Å². The molecule has 2 aromatic rings. The zero-order valence-electron chi connectivity index (χ0n) is 15.3. The van der Waals surface area contributed by atoms with Crippen LogP contribution in [0.15, 0.2) is 36.4 Å². The molecule has 0 aliphatic heterocycles. The van der Waals surface area contributed by atoms with Gasteiger partial charge in [0.1, 0.15) is 11.5 Å². The van der Waals surface area contributed by atoms with E-state index in [0.717, 1.165) is 34.1 Å². The molecule has 1 N–H and O–H groups in total. The molecule has 0 radical (unpaired) electrons. The molecule has 0 saturated carbocycles. The third-order valence-electron chi connectivity index (χ3n) is 3.96. The fourth-order valence-electron chi connectivity index (χ4n) is 2.55. The topological polar surface area (TPSA) is 49.0 Å². The number of methoxy groups -OCH3 is 4. The number of ether oxygens (including phenoxy) is 4. The van der Waals surface area contributed by atoms with Gasteiger partial charge in [-0.1, -0.05) is 6.07 Å². The molecule has 0 aliphatic carbocycles. The Hall–Kier alpha value is -2.11. The molecule has 2 rings (SSSR count). The molecule has 0 spiro atoms. The Morgan fingerprint density at radius 1 is 0.800 bits per heavy atom. The molecule has 1 unspecified atom stereocenters. The molecule has 2 aromatic carbocycles. The number of benzene rings is 2. The van der Waals surface area contributed by atoms with Crippen molar-refractivity contribution in [2.24, 2.45) is 0 Å². The van der Waals surface area contributed by atoms with Crippen LogP contribution in [0.3, 0.4) is 0 Å². The Morgan fingerprint density at radius 2 is 1.44 bits per heavy atom. The lowest BCUT2D eigenvalue weighted by Gasteiger charge is -2.19. The molecule has 6 heteroatoms. The molecule has 0 bridgehead atoms. The minimum Gasteiger partial charge on any atom is -0.497 e. The van der Waals surface area contributed by atoms with Crippen LogP contribution in [-0.4, -0.2) is 28.4 Å². The zero-order valence-corrected chi connectivity index (χ0v) is 16.1. The van der Waals surface area contributed by atoms with Crippen LogP contribution in [0, 0.1) is 0 Å². The van der Waals surface area contributed by atoms with Crippen molar-refractivity contribution >= 4 is 12.4 Å². The van der Waals surface area contributed by atoms with E-state index < -0.39 is 0 Å². The normalized spacial score (nSPS) is 11.2. The van der Waals surface area contributed by atoms with Gasteiger partial charge in [0.25, 0.3) is 0 Å². The van der Waals surface area contributed by atoms with Gasteiger partial charge in [-0.3, -0.25) is 0 Å². The lowest BCUT2D eigenvalue weighted by molar-refractivity contribution is 0.354. The lowest BCUT2D eigenvalue weighted by Crippen LogP contribution is -2.18. The van der Waals surface area contributed by atoms with Crippen molar-refractivity contribution in [3.05, 3.63) is 47.5 Å². The van der Waals surface area contributed by atoms with Crippen LogP contribution >= 0.6 is 12.4 Å². The first kappa shape index (κ1) is 20.9. The third-order valence-corrected chi connectivity index (χ3v) is 3.96. The van der Waals surface area contributed by atoms with Crippen LogP contribution in [0.2, 0.25) is 0 Å². The second-order valence-electron chi connectivity index (χ2n) is 5.40. The van der Waals surface area contributed by atoms with Crippen molar-refractivity contribution < 1.29 is 18.9 Å². The first-order valence-electron chi connectivity index (χ1n) is 7.79. The van der Waals surface area contributed by atoms with Crippen molar-refractivity contribution in [2.45, 2.75) is 19.5 Å². The number of nitrogens with one attached hydrogen (secondary N) is 1. The Kier molecular flexibility index (Phi) is 8.38. The first-order valence-corrected chi connectivity index (χ1v) is 7.79. The molecule has 1 atom stereocenters. The Labute approximate surface area is 155 Å². The van der Waals surface area contributed by atoms with Gasteiger partial charge >= 0.3 is 0 Å². The van der Waals surface area contributed by atoms with Gasteiger partial charge < -0.3 is 24.3 Å². The van der Waals surface area contributed by atoms with Crippen LogP contribution in [-0.2, 0) is 6.54 Å². The molecular weight excluding hydrogens is 342 g/mol. The van der Waals surface area contributed by atoms with Crippen LogP contribution < -0.4 is 24.3 Å². The van der Waals surface area contributed by atoms with Crippen molar-refractivity contribution in [1.82, 2.24) is 5.32 Å². The van der Waals surface area contributed by atoms with Crippen molar-refractivity contribution in [1.29, 1.82) is 0 Å². The zero-order chi connectivity index (χ0) is 17.5. The Morgan fingerprint density at radius 3 is 2.04 bits per heavy atom. The average molecular weight is 368 g/mol. The van der Waals surface area contributed by atoms with Gasteiger partial charge in [0.15, 0.2) is 11.5 Å². The smallest absolute Gasteiger partial charge is 0.161 e. The Balaban J connectivity index is 0.00000312. The SMILES string of the molecule is COc1ccc(OC)c(C(C)NCc2ccc(OC)c(OC)c2)c1.Cl. The highest BCUT2D eigenvalue weighted by molar-refractivity contribution is 5.85. The van der Waals surface area contributed by atoms with E-state index in [0.29, 0.717) is 6.54 Å². The highest BCUT2D eigenvalue weighted by Crippen LogP contribution is 2.30. The number of hydrogen-bond acceptors (Lipinski definition) is 5. The summed E-state index contributed by atoms with van der Waals surface area (Å²) < 4.78 is 21.4. The van der Waals surface area contributed by atoms with Crippen LogP contribution in [0.4, 0.5) is 0 Å². The van der Waals surface area contributed by atoms with Crippen molar-refractivity contribution in [3.8, 4) is 23.0 Å². The second-order valence-corrected chi connectivity index (χ2v) is 5.40. The molecule has 25 heavy (non-hydrogen) atoms. The quantitative estimate of drug-likeness (QED) is 0.764. The van der Waals surface area contributed by atoms with E-state index >= 15 is 0 Å². The van der Waals surface area contributed by atoms with Crippen LogP contribution in [0.5, 0.6) is 23.0 Å². The molecule has 138 valence electrons. The van der Waals surface area contributed by atoms with Gasteiger partial charge in [0.2, 0.25) is 0 Å². The fourth-order valence-corrected chi connectivity index (χ4v) is 2.55. The molecule has 0 saturated heterocycles. The van der Waals surface area contributed by atoms with E-state index in [1.54, 1.807) is 28.4 Å². The molecule has 0 aliphatic rings. The minimum absolute atomic E-state index is 0. The monoisotopic (exact) mass is 367 g/mol. The maximum Gasteiger partial charge on any atom is 0.161 e. The van der Waals surface area contributed by atoms with Crippen LogP contribution in [0.1, 0.15) is 24.1 Å². The number of rotatable bonds is 8. The molecule has 0 heterocycles. The third kappa shape index (κ3) is 5.18. The summed E-state index contributed by atoms with van der Waals surface area (Å²) in [6, 6.07) is 11.8. The van der Waals surface area contributed by atoms with E-state index in [2.05, 4.69) is 12.2 Å². The fraction of sp³-hybridized carbons (Fsp3) is 0.368. The summed E-state index contributed by atoms with van der Waals surface area (Å²) in [4.78, 5) is 0. The summed E-state index contributed by atoms with van der Waals surface area (Å²) in [5.74, 6) is 3.10. The van der Waals surface area contributed by atoms with Crippen molar-refractivity contribution in [2.75, 3.05) is 28.4 Å². The summed E-state index contributed by atoms with van der Waals surface area (Å²) >= 11 is 0.